The van der Waals surface area contributed by atoms with E-state index in [-0.39, 0.29) is 11.7 Å². The maximum atomic E-state index is 13.5. The van der Waals surface area contributed by atoms with Gasteiger partial charge in [-0.05, 0) is 42.9 Å². The molecule has 0 aliphatic carbocycles. The summed E-state index contributed by atoms with van der Waals surface area (Å²) in [6, 6.07) is 11.0. The van der Waals surface area contributed by atoms with Gasteiger partial charge in [-0.2, -0.15) is 5.10 Å². The van der Waals surface area contributed by atoms with Crippen LogP contribution in [-0.4, -0.2) is 63.7 Å². The number of likely N-dealkylation sites (N-methyl/N-ethyl adjacent to an activating group) is 1. The summed E-state index contributed by atoms with van der Waals surface area (Å²) in [7, 11) is 2.08. The quantitative estimate of drug-likeness (QED) is 0.566. The lowest BCUT2D eigenvalue weighted by Gasteiger charge is -2.32. The predicted molar refractivity (Wildman–Crippen MR) is 116 cm³/mol. The van der Waals surface area contributed by atoms with E-state index < -0.39 is 0 Å². The third-order valence-electron chi connectivity index (χ3n) is 5.99. The van der Waals surface area contributed by atoms with E-state index in [4.69, 9.17) is 0 Å². The number of rotatable bonds is 4. The SMILES string of the molecule is CN1CCN(C(=O)CCn2ncc3cc(-c4c[nH]c5cc(F)ccc45)ccc32)CC1. The van der Waals surface area contributed by atoms with E-state index in [0.29, 0.717) is 13.0 Å². The van der Waals surface area contributed by atoms with Crippen molar-refractivity contribution in [3.63, 3.8) is 0 Å². The lowest BCUT2D eigenvalue weighted by Crippen LogP contribution is -2.47. The van der Waals surface area contributed by atoms with Crippen molar-refractivity contribution in [3.8, 4) is 11.1 Å². The Kier molecular flexibility index (Phi) is 4.75. The summed E-state index contributed by atoms with van der Waals surface area (Å²) in [5.41, 5.74) is 3.87. The minimum Gasteiger partial charge on any atom is -0.360 e. The van der Waals surface area contributed by atoms with Crippen molar-refractivity contribution in [3.05, 3.63) is 54.6 Å². The summed E-state index contributed by atoms with van der Waals surface area (Å²) in [5, 5.41) is 6.51. The molecule has 4 aromatic rings. The topological polar surface area (TPSA) is 57.2 Å². The number of halogens is 1. The highest BCUT2D eigenvalue weighted by molar-refractivity contribution is 5.97. The fourth-order valence-corrected chi connectivity index (χ4v) is 4.19. The van der Waals surface area contributed by atoms with Gasteiger partial charge in [0.25, 0.3) is 0 Å². The van der Waals surface area contributed by atoms with Crippen LogP contribution in [0.4, 0.5) is 4.39 Å². The van der Waals surface area contributed by atoms with Crippen LogP contribution in [-0.2, 0) is 11.3 Å². The van der Waals surface area contributed by atoms with E-state index in [1.54, 1.807) is 6.07 Å². The number of hydrogen-bond acceptors (Lipinski definition) is 3. The molecule has 2 aromatic heterocycles. The van der Waals surface area contributed by atoms with E-state index in [9.17, 15) is 9.18 Å². The van der Waals surface area contributed by atoms with Gasteiger partial charge in [-0.15, -0.1) is 0 Å². The number of fused-ring (bicyclic) bond motifs is 2. The lowest BCUT2D eigenvalue weighted by molar-refractivity contribution is -0.133. The van der Waals surface area contributed by atoms with Gasteiger partial charge in [0.2, 0.25) is 5.91 Å². The molecule has 0 bridgehead atoms. The Morgan fingerprint density at radius 1 is 1.13 bits per heavy atom. The maximum Gasteiger partial charge on any atom is 0.224 e. The van der Waals surface area contributed by atoms with Gasteiger partial charge in [0.15, 0.2) is 0 Å². The summed E-state index contributed by atoms with van der Waals surface area (Å²) in [6.45, 7) is 4.03. The van der Waals surface area contributed by atoms with Gasteiger partial charge in [-0.25, -0.2) is 4.39 Å². The first-order valence-electron chi connectivity index (χ1n) is 10.3. The third kappa shape index (κ3) is 3.45. The van der Waals surface area contributed by atoms with E-state index in [1.165, 1.54) is 12.1 Å². The van der Waals surface area contributed by atoms with Gasteiger partial charge < -0.3 is 14.8 Å². The Balaban J connectivity index is 1.34. The first kappa shape index (κ1) is 18.8. The highest BCUT2D eigenvalue weighted by Gasteiger charge is 2.19. The molecule has 30 heavy (non-hydrogen) atoms. The Hall–Kier alpha value is -3.19. The highest BCUT2D eigenvalue weighted by atomic mass is 19.1. The van der Waals surface area contributed by atoms with Crippen LogP contribution in [0.1, 0.15) is 6.42 Å². The average Bonchev–Trinajstić information content (AvgIpc) is 3.35. The number of aromatic amines is 1. The second-order valence-corrected chi connectivity index (χ2v) is 7.97. The monoisotopic (exact) mass is 405 g/mol. The van der Waals surface area contributed by atoms with Crippen LogP contribution in [0.2, 0.25) is 0 Å². The number of carbonyl (C=O) groups is 1. The van der Waals surface area contributed by atoms with Crippen molar-refractivity contribution in [2.75, 3.05) is 33.2 Å². The van der Waals surface area contributed by atoms with Crippen molar-refractivity contribution >= 4 is 27.7 Å². The van der Waals surface area contributed by atoms with Crippen LogP contribution in [0.25, 0.3) is 32.9 Å². The molecule has 2 aromatic carbocycles. The molecule has 0 atom stereocenters. The van der Waals surface area contributed by atoms with Gasteiger partial charge >= 0.3 is 0 Å². The molecule has 1 aliphatic heterocycles. The Labute approximate surface area is 173 Å². The molecule has 1 fully saturated rings. The number of nitrogens with one attached hydrogen (secondary N) is 1. The molecule has 1 N–H and O–H groups in total. The minimum absolute atomic E-state index is 0.189. The van der Waals surface area contributed by atoms with Gasteiger partial charge in [-0.3, -0.25) is 9.48 Å². The van der Waals surface area contributed by atoms with Crippen LogP contribution in [0.3, 0.4) is 0 Å². The minimum atomic E-state index is -0.251. The fourth-order valence-electron chi connectivity index (χ4n) is 4.19. The van der Waals surface area contributed by atoms with Crippen LogP contribution in [0, 0.1) is 5.82 Å². The normalized spacial score (nSPS) is 15.3. The van der Waals surface area contributed by atoms with E-state index in [0.717, 1.165) is 59.1 Å². The number of aromatic nitrogens is 3. The Morgan fingerprint density at radius 3 is 2.80 bits per heavy atom. The van der Waals surface area contributed by atoms with Gasteiger partial charge in [0, 0.05) is 60.6 Å². The van der Waals surface area contributed by atoms with Gasteiger partial charge in [0.1, 0.15) is 5.82 Å². The zero-order chi connectivity index (χ0) is 20.7. The Bertz CT molecular complexity index is 1220. The molecule has 0 radical (unpaired) electrons. The van der Waals surface area contributed by atoms with Crippen molar-refractivity contribution in [2.24, 2.45) is 0 Å². The van der Waals surface area contributed by atoms with Crippen LogP contribution >= 0.6 is 0 Å². The van der Waals surface area contributed by atoms with Crippen molar-refractivity contribution in [1.29, 1.82) is 0 Å². The third-order valence-corrected chi connectivity index (χ3v) is 5.99. The summed E-state index contributed by atoms with van der Waals surface area (Å²) < 4.78 is 15.4. The molecule has 5 rings (SSSR count). The standard InChI is InChI=1S/C23H24FN5O/c1-27-8-10-28(11-9-27)23(30)6-7-29-22-5-2-16(12-17(22)14-26-29)20-15-25-21-13-18(24)3-4-19(20)21/h2-5,12-15,25H,6-11H2,1H3. The smallest absolute Gasteiger partial charge is 0.224 e. The first-order valence-corrected chi connectivity index (χ1v) is 10.3. The van der Waals surface area contributed by atoms with Gasteiger partial charge in [0.05, 0.1) is 18.3 Å². The Morgan fingerprint density at radius 2 is 1.97 bits per heavy atom. The average molecular weight is 405 g/mol. The van der Waals surface area contributed by atoms with E-state index >= 15 is 0 Å². The molecule has 1 amide bonds. The second kappa shape index (κ2) is 7.57. The largest absolute Gasteiger partial charge is 0.360 e. The molecule has 7 heteroatoms. The van der Waals surface area contributed by atoms with E-state index in [2.05, 4.69) is 34.2 Å². The summed E-state index contributed by atoms with van der Waals surface area (Å²) >= 11 is 0. The molecular weight excluding hydrogens is 381 g/mol. The van der Waals surface area contributed by atoms with Crippen molar-refractivity contribution < 1.29 is 9.18 Å². The number of H-pyrrole nitrogens is 1. The molecule has 6 nitrogen and oxygen atoms in total. The molecule has 1 saturated heterocycles. The first-order chi connectivity index (χ1) is 14.6. The molecule has 154 valence electrons. The van der Waals surface area contributed by atoms with Crippen LogP contribution in [0.5, 0.6) is 0 Å². The summed E-state index contributed by atoms with van der Waals surface area (Å²) in [4.78, 5) is 19.9. The highest BCUT2D eigenvalue weighted by Crippen LogP contribution is 2.31. The molecule has 3 heterocycles. The summed E-state index contributed by atoms with van der Waals surface area (Å²) in [6.07, 6.45) is 4.20. The predicted octanol–water partition coefficient (Wildman–Crippen LogP) is 3.49. The number of amides is 1. The molecule has 0 spiro atoms. The fraction of sp³-hybridized carbons (Fsp3) is 0.304. The molecule has 0 saturated carbocycles. The number of hydrogen-bond donors (Lipinski definition) is 1. The lowest BCUT2D eigenvalue weighted by atomic mass is 10.0. The molecule has 0 unspecified atom stereocenters. The van der Waals surface area contributed by atoms with Crippen LogP contribution in [0.15, 0.2) is 48.8 Å². The number of aryl methyl sites for hydroxylation is 1. The molecule has 1 aliphatic rings. The van der Waals surface area contributed by atoms with Crippen molar-refractivity contribution in [2.45, 2.75) is 13.0 Å². The molecular formula is C23H24FN5O. The number of piperazine rings is 1. The van der Waals surface area contributed by atoms with Gasteiger partial charge in [-0.1, -0.05) is 6.07 Å². The number of benzene rings is 2. The zero-order valence-corrected chi connectivity index (χ0v) is 16.9. The maximum absolute atomic E-state index is 13.5. The zero-order valence-electron chi connectivity index (χ0n) is 16.9. The number of nitrogens with zero attached hydrogens (tertiary/aromatic N) is 4. The van der Waals surface area contributed by atoms with Crippen molar-refractivity contribution in [1.82, 2.24) is 24.6 Å². The number of carbonyl (C=O) groups excluding carboxylic acids is 1. The van der Waals surface area contributed by atoms with E-state index in [1.807, 2.05) is 28.0 Å². The van der Waals surface area contributed by atoms with Crippen LogP contribution < -0.4 is 0 Å². The summed E-state index contributed by atoms with van der Waals surface area (Å²) in [5.74, 6) is -0.0619. The second-order valence-electron chi connectivity index (χ2n) is 7.97.